The highest BCUT2D eigenvalue weighted by atomic mass is 32.2. The molecule has 32 heavy (non-hydrogen) atoms. The van der Waals surface area contributed by atoms with Gasteiger partial charge in [0.25, 0.3) is 15.9 Å². The van der Waals surface area contributed by atoms with E-state index in [2.05, 4.69) is 20.3 Å². The van der Waals surface area contributed by atoms with Crippen LogP contribution < -0.4 is 0 Å². The Hall–Kier alpha value is -3.16. The van der Waals surface area contributed by atoms with Gasteiger partial charge in [-0.1, -0.05) is 0 Å². The number of benzene rings is 1. The van der Waals surface area contributed by atoms with E-state index in [1.807, 2.05) is 6.92 Å². The highest BCUT2D eigenvalue weighted by Crippen LogP contribution is 2.26. The second-order valence-corrected chi connectivity index (χ2v) is 10.2. The average Bonchev–Trinajstić information content (AvgIpc) is 3.51. The van der Waals surface area contributed by atoms with Gasteiger partial charge in [0.05, 0.1) is 18.4 Å². The summed E-state index contributed by atoms with van der Waals surface area (Å²) in [5, 5.41) is 12.5. The minimum Gasteiger partial charge on any atom is -0.465 e. The first-order valence-corrected chi connectivity index (χ1v) is 11.9. The molecule has 11 nitrogen and oxygen atoms in total. The van der Waals surface area contributed by atoms with Gasteiger partial charge in [0.2, 0.25) is 0 Å². The molecule has 0 radical (unpaired) electrons. The summed E-state index contributed by atoms with van der Waals surface area (Å²) >= 11 is 0.973. The SMILES string of the molecule is COC(=O)c1csc(S(=O)(=O)N2CCN(C(=O)c3ccc(-n4cnnn4)c(C)c3)CC2)c1. The van der Waals surface area contributed by atoms with E-state index in [0.717, 1.165) is 22.6 Å². The number of thiophene rings is 1. The number of methoxy groups -OCH3 is 1. The van der Waals surface area contributed by atoms with Crippen LogP contribution in [0, 0.1) is 6.92 Å². The summed E-state index contributed by atoms with van der Waals surface area (Å²) in [7, 11) is -2.51. The number of carbonyl (C=O) groups is 2. The Kier molecular flexibility index (Phi) is 6.04. The first-order chi connectivity index (χ1) is 15.3. The molecule has 1 amide bonds. The highest BCUT2D eigenvalue weighted by molar-refractivity contribution is 7.91. The zero-order chi connectivity index (χ0) is 22.9. The lowest BCUT2D eigenvalue weighted by molar-refractivity contribution is 0.0600. The van der Waals surface area contributed by atoms with E-state index in [0.29, 0.717) is 5.56 Å². The number of ether oxygens (including phenoxy) is 1. The molecule has 0 aliphatic carbocycles. The molecule has 1 saturated heterocycles. The Balaban J connectivity index is 1.43. The lowest BCUT2D eigenvalue weighted by atomic mass is 10.1. The summed E-state index contributed by atoms with van der Waals surface area (Å²) in [6.07, 6.45) is 1.48. The van der Waals surface area contributed by atoms with E-state index < -0.39 is 16.0 Å². The predicted molar refractivity (Wildman–Crippen MR) is 114 cm³/mol. The second-order valence-electron chi connectivity index (χ2n) is 7.10. The number of hydrogen-bond acceptors (Lipinski definition) is 9. The maximum absolute atomic E-state index is 12.9. The minimum atomic E-state index is -3.75. The summed E-state index contributed by atoms with van der Waals surface area (Å²) in [6.45, 7) is 2.73. The minimum absolute atomic E-state index is 0.0755. The molecule has 2 aromatic heterocycles. The van der Waals surface area contributed by atoms with Crippen LogP contribution in [0.25, 0.3) is 5.69 Å². The Morgan fingerprint density at radius 1 is 1.09 bits per heavy atom. The van der Waals surface area contributed by atoms with Crippen LogP contribution in [-0.2, 0) is 14.8 Å². The zero-order valence-electron chi connectivity index (χ0n) is 17.3. The molecule has 1 fully saturated rings. The van der Waals surface area contributed by atoms with Gasteiger partial charge < -0.3 is 9.64 Å². The van der Waals surface area contributed by atoms with E-state index in [-0.39, 0.29) is 41.9 Å². The van der Waals surface area contributed by atoms with Crippen LogP contribution in [0.3, 0.4) is 0 Å². The lowest BCUT2D eigenvalue weighted by Gasteiger charge is -2.33. The number of rotatable bonds is 5. The molecule has 3 aromatic rings. The van der Waals surface area contributed by atoms with Crippen molar-refractivity contribution in [3.05, 3.63) is 52.7 Å². The highest BCUT2D eigenvalue weighted by Gasteiger charge is 2.32. The molecule has 0 saturated carbocycles. The van der Waals surface area contributed by atoms with E-state index >= 15 is 0 Å². The van der Waals surface area contributed by atoms with Crippen LogP contribution in [0.4, 0.5) is 0 Å². The number of sulfonamides is 1. The number of aromatic nitrogens is 4. The number of carbonyl (C=O) groups excluding carboxylic acids is 2. The van der Waals surface area contributed by atoms with Gasteiger partial charge in [0.1, 0.15) is 10.5 Å². The molecule has 0 atom stereocenters. The summed E-state index contributed by atoms with van der Waals surface area (Å²) < 4.78 is 33.4. The number of tetrazole rings is 1. The van der Waals surface area contributed by atoms with Crippen molar-refractivity contribution >= 4 is 33.2 Å². The second kappa shape index (κ2) is 8.76. The zero-order valence-corrected chi connectivity index (χ0v) is 19.0. The average molecular weight is 477 g/mol. The molecular formula is C19H20N6O5S2. The summed E-state index contributed by atoms with van der Waals surface area (Å²) in [6, 6.07) is 6.56. The predicted octanol–water partition coefficient (Wildman–Crippen LogP) is 0.966. The molecule has 13 heteroatoms. The number of amides is 1. The van der Waals surface area contributed by atoms with Gasteiger partial charge in [-0.05, 0) is 47.2 Å². The lowest BCUT2D eigenvalue weighted by Crippen LogP contribution is -2.50. The van der Waals surface area contributed by atoms with Gasteiger partial charge >= 0.3 is 5.97 Å². The van der Waals surface area contributed by atoms with Gasteiger partial charge in [-0.3, -0.25) is 4.79 Å². The topological polar surface area (TPSA) is 128 Å². The molecule has 1 aliphatic rings. The molecule has 0 bridgehead atoms. The fraction of sp³-hybridized carbons (Fsp3) is 0.316. The third-order valence-electron chi connectivity index (χ3n) is 5.16. The van der Waals surface area contributed by atoms with E-state index in [1.165, 1.54) is 33.9 Å². The van der Waals surface area contributed by atoms with Crippen molar-refractivity contribution in [3.8, 4) is 5.69 Å². The molecule has 168 valence electrons. The number of aryl methyl sites for hydroxylation is 1. The van der Waals surface area contributed by atoms with Crippen molar-refractivity contribution in [2.45, 2.75) is 11.1 Å². The number of nitrogens with zero attached hydrogens (tertiary/aromatic N) is 6. The van der Waals surface area contributed by atoms with Crippen LogP contribution >= 0.6 is 11.3 Å². The van der Waals surface area contributed by atoms with E-state index in [1.54, 1.807) is 23.1 Å². The van der Waals surface area contributed by atoms with Crippen molar-refractivity contribution in [2.75, 3.05) is 33.3 Å². The van der Waals surface area contributed by atoms with Crippen LogP contribution in [-0.4, -0.2) is 83.0 Å². The Bertz CT molecular complexity index is 1250. The standard InChI is InChI=1S/C19H20N6O5S2/c1-13-9-14(3-4-16(13)25-12-20-21-22-25)18(26)23-5-7-24(8-6-23)32(28,29)17-10-15(11-31-17)19(27)30-2/h3-4,9-12H,5-8H2,1-2H3. The molecular weight excluding hydrogens is 456 g/mol. The van der Waals surface area contributed by atoms with Crippen molar-refractivity contribution in [3.63, 3.8) is 0 Å². The Morgan fingerprint density at radius 3 is 2.47 bits per heavy atom. The van der Waals surface area contributed by atoms with Crippen molar-refractivity contribution in [1.82, 2.24) is 29.4 Å². The Morgan fingerprint density at radius 2 is 1.84 bits per heavy atom. The molecule has 1 aliphatic heterocycles. The maximum Gasteiger partial charge on any atom is 0.338 e. The first-order valence-electron chi connectivity index (χ1n) is 9.61. The fourth-order valence-corrected chi connectivity index (χ4v) is 6.16. The number of piperazine rings is 1. The van der Waals surface area contributed by atoms with Gasteiger partial charge in [0, 0.05) is 37.1 Å². The third kappa shape index (κ3) is 4.13. The number of hydrogen-bond donors (Lipinski definition) is 0. The Labute approximate surface area is 188 Å². The van der Waals surface area contributed by atoms with Crippen LogP contribution in [0.2, 0.25) is 0 Å². The van der Waals surface area contributed by atoms with Gasteiger partial charge in [0.15, 0.2) is 0 Å². The van der Waals surface area contributed by atoms with Crippen molar-refractivity contribution < 1.29 is 22.7 Å². The molecule has 3 heterocycles. The first kappa shape index (κ1) is 22.0. The van der Waals surface area contributed by atoms with Gasteiger partial charge in [-0.25, -0.2) is 17.9 Å². The normalized spacial score (nSPS) is 15.0. The molecule has 4 rings (SSSR count). The van der Waals surface area contributed by atoms with Crippen molar-refractivity contribution in [2.24, 2.45) is 0 Å². The molecule has 0 spiro atoms. The van der Waals surface area contributed by atoms with Gasteiger partial charge in [-0.2, -0.15) is 4.31 Å². The van der Waals surface area contributed by atoms with E-state index in [4.69, 9.17) is 0 Å². The maximum atomic E-state index is 12.9. The summed E-state index contributed by atoms with van der Waals surface area (Å²) in [5.41, 5.74) is 2.31. The summed E-state index contributed by atoms with van der Waals surface area (Å²) in [4.78, 5) is 26.2. The number of esters is 1. The molecule has 1 aromatic carbocycles. The third-order valence-corrected chi connectivity index (χ3v) is 8.47. The smallest absolute Gasteiger partial charge is 0.338 e. The summed E-state index contributed by atoms with van der Waals surface area (Å²) in [5.74, 6) is -0.753. The van der Waals surface area contributed by atoms with Crippen LogP contribution in [0.5, 0.6) is 0 Å². The quantitative estimate of drug-likeness (QED) is 0.498. The largest absolute Gasteiger partial charge is 0.465 e. The van der Waals surface area contributed by atoms with Crippen LogP contribution in [0.1, 0.15) is 26.3 Å². The van der Waals surface area contributed by atoms with E-state index in [9.17, 15) is 18.0 Å². The molecule has 0 N–H and O–H groups in total. The van der Waals surface area contributed by atoms with Gasteiger partial charge in [-0.15, -0.1) is 16.4 Å². The van der Waals surface area contributed by atoms with Crippen LogP contribution in [0.15, 0.2) is 40.2 Å². The van der Waals surface area contributed by atoms with Crippen molar-refractivity contribution in [1.29, 1.82) is 0 Å². The monoisotopic (exact) mass is 476 g/mol. The molecule has 0 unspecified atom stereocenters. The fourth-order valence-electron chi connectivity index (χ4n) is 3.44.